The van der Waals surface area contributed by atoms with Gasteiger partial charge in [-0.2, -0.15) is 0 Å². The molecule has 0 saturated carbocycles. The lowest BCUT2D eigenvalue weighted by Gasteiger charge is -2.35. The number of aliphatic carboxylic acids is 1. The highest BCUT2D eigenvalue weighted by atomic mass is 16.5. The molecule has 10 nitrogen and oxygen atoms in total. The maximum Gasteiger partial charge on any atom is 0.330 e. The first-order valence-corrected chi connectivity index (χ1v) is 12.8. The Kier molecular flexibility index (Phi) is 8.75. The predicted octanol–water partition coefficient (Wildman–Crippen LogP) is 3.21. The van der Waals surface area contributed by atoms with Gasteiger partial charge in [-0.05, 0) is 30.0 Å². The number of amides is 3. The Hall–Kier alpha value is -4.18. The minimum atomic E-state index is -1.24. The van der Waals surface area contributed by atoms with Crippen molar-refractivity contribution in [1.29, 1.82) is 0 Å². The lowest BCUT2D eigenvalue weighted by molar-refractivity contribution is -0.145. The molecule has 2 atom stereocenters. The Morgan fingerprint density at radius 3 is 2.34 bits per heavy atom. The molecule has 1 aromatic heterocycles. The van der Waals surface area contributed by atoms with Crippen LogP contribution in [0.15, 0.2) is 54.6 Å². The van der Waals surface area contributed by atoms with Gasteiger partial charge in [0.15, 0.2) is 6.04 Å². The number of aromatic nitrogens is 1. The summed E-state index contributed by atoms with van der Waals surface area (Å²) in [6, 6.07) is 14.1. The first-order valence-electron chi connectivity index (χ1n) is 12.8. The van der Waals surface area contributed by atoms with Gasteiger partial charge in [0.05, 0.1) is 6.54 Å². The number of carbonyl (C=O) groups is 4. The van der Waals surface area contributed by atoms with Crippen LogP contribution in [0.4, 0.5) is 0 Å². The van der Waals surface area contributed by atoms with E-state index in [2.05, 4.69) is 10.3 Å². The number of rotatable bonds is 11. The molecule has 200 valence electrons. The van der Waals surface area contributed by atoms with E-state index in [0.717, 1.165) is 35.0 Å². The molecule has 10 heteroatoms. The number of nitrogens with zero attached hydrogens (tertiary/aromatic N) is 1. The Balaban J connectivity index is 1.50. The molecule has 0 fully saturated rings. The first-order chi connectivity index (χ1) is 18.4. The van der Waals surface area contributed by atoms with Gasteiger partial charge >= 0.3 is 5.97 Å². The zero-order valence-electron chi connectivity index (χ0n) is 21.0. The maximum atomic E-state index is 13.5. The largest absolute Gasteiger partial charge is 0.479 e. The van der Waals surface area contributed by atoms with Gasteiger partial charge in [0.2, 0.25) is 17.7 Å². The molecule has 5 N–H and O–H groups in total. The lowest BCUT2D eigenvalue weighted by atomic mass is 9.94. The fourth-order valence-corrected chi connectivity index (χ4v) is 4.99. The number of hydroxylamine groups is 1. The van der Waals surface area contributed by atoms with Crippen molar-refractivity contribution in [2.75, 3.05) is 0 Å². The molecular weight excluding hydrogens is 488 g/mol. The summed E-state index contributed by atoms with van der Waals surface area (Å²) in [5, 5.41) is 22.0. The molecular formula is C28H32N4O6. The van der Waals surface area contributed by atoms with Crippen molar-refractivity contribution in [3.05, 3.63) is 71.4 Å². The number of benzene rings is 2. The molecule has 3 amide bonds. The molecule has 4 rings (SSSR count). The minimum Gasteiger partial charge on any atom is -0.479 e. The SMILES string of the molecule is O=C(CCCCCCC(=O)N1Cc2[nH]c3ccccc3c2C[C@@H]1C(=O)NC(C(=O)O)c1ccccc1)NO. The van der Waals surface area contributed by atoms with Crippen LogP contribution in [0.5, 0.6) is 0 Å². The highest BCUT2D eigenvalue weighted by Crippen LogP contribution is 2.31. The van der Waals surface area contributed by atoms with Crippen molar-refractivity contribution in [3.8, 4) is 0 Å². The fourth-order valence-electron chi connectivity index (χ4n) is 4.99. The monoisotopic (exact) mass is 520 g/mol. The van der Waals surface area contributed by atoms with Gasteiger partial charge in [-0.15, -0.1) is 0 Å². The number of nitrogens with one attached hydrogen (secondary N) is 3. The number of carboxylic acid groups (broad SMARTS) is 1. The van der Waals surface area contributed by atoms with Crippen molar-refractivity contribution in [1.82, 2.24) is 20.7 Å². The first kappa shape index (κ1) is 26.9. The average molecular weight is 521 g/mol. The van der Waals surface area contributed by atoms with E-state index in [1.807, 2.05) is 24.3 Å². The number of unbranched alkanes of at least 4 members (excludes halogenated alkanes) is 3. The third kappa shape index (κ3) is 6.20. The number of hydrogen-bond donors (Lipinski definition) is 5. The summed E-state index contributed by atoms with van der Waals surface area (Å²) < 4.78 is 0. The van der Waals surface area contributed by atoms with Crippen LogP contribution in [-0.4, -0.2) is 49.9 Å². The summed E-state index contributed by atoms with van der Waals surface area (Å²) in [5.41, 5.74) is 4.80. The normalized spacial score (nSPS) is 15.5. The third-order valence-electron chi connectivity index (χ3n) is 6.96. The molecule has 0 spiro atoms. The molecule has 3 aromatic rings. The second kappa shape index (κ2) is 12.4. The third-order valence-corrected chi connectivity index (χ3v) is 6.96. The Labute approximate surface area is 220 Å². The van der Waals surface area contributed by atoms with Gasteiger partial charge in [-0.3, -0.25) is 19.6 Å². The van der Waals surface area contributed by atoms with Crippen molar-refractivity contribution < 1.29 is 29.5 Å². The molecule has 0 saturated heterocycles. The van der Waals surface area contributed by atoms with Gasteiger partial charge in [0, 0.05) is 35.9 Å². The number of carboxylic acids is 1. The van der Waals surface area contributed by atoms with Crippen LogP contribution >= 0.6 is 0 Å². The topological polar surface area (TPSA) is 152 Å². The van der Waals surface area contributed by atoms with E-state index < -0.39 is 29.9 Å². The Morgan fingerprint density at radius 2 is 1.63 bits per heavy atom. The minimum absolute atomic E-state index is 0.186. The van der Waals surface area contributed by atoms with Crippen LogP contribution in [0.25, 0.3) is 10.9 Å². The number of carbonyl (C=O) groups excluding carboxylic acids is 3. The van der Waals surface area contributed by atoms with Gasteiger partial charge in [-0.1, -0.05) is 61.4 Å². The highest BCUT2D eigenvalue weighted by molar-refractivity contribution is 5.93. The molecule has 0 radical (unpaired) electrons. The zero-order chi connectivity index (χ0) is 27.1. The van der Waals surface area contributed by atoms with Crippen molar-refractivity contribution in [2.24, 2.45) is 0 Å². The number of fused-ring (bicyclic) bond motifs is 3. The van der Waals surface area contributed by atoms with E-state index in [4.69, 9.17) is 5.21 Å². The molecule has 2 heterocycles. The quantitative estimate of drug-likeness (QED) is 0.149. The number of aromatic amines is 1. The molecule has 0 bridgehead atoms. The van der Waals surface area contributed by atoms with E-state index in [0.29, 0.717) is 18.4 Å². The molecule has 0 aliphatic carbocycles. The van der Waals surface area contributed by atoms with E-state index in [9.17, 15) is 24.3 Å². The van der Waals surface area contributed by atoms with Crippen LogP contribution < -0.4 is 10.8 Å². The van der Waals surface area contributed by atoms with Gasteiger partial charge < -0.3 is 20.3 Å². The van der Waals surface area contributed by atoms with Crippen LogP contribution in [0.2, 0.25) is 0 Å². The summed E-state index contributed by atoms with van der Waals surface area (Å²) in [7, 11) is 0. The smallest absolute Gasteiger partial charge is 0.330 e. The Bertz CT molecular complexity index is 1310. The number of para-hydroxylation sites is 1. The number of H-pyrrole nitrogens is 1. The van der Waals surface area contributed by atoms with Gasteiger partial charge in [0.25, 0.3) is 0 Å². The summed E-state index contributed by atoms with van der Waals surface area (Å²) >= 11 is 0. The summed E-state index contributed by atoms with van der Waals surface area (Å²) in [6.45, 7) is 0.223. The molecule has 1 unspecified atom stereocenters. The average Bonchev–Trinajstić information content (AvgIpc) is 3.30. The predicted molar refractivity (Wildman–Crippen MR) is 139 cm³/mol. The van der Waals surface area contributed by atoms with E-state index in [1.165, 1.54) is 4.90 Å². The second-order valence-corrected chi connectivity index (χ2v) is 9.51. The molecule has 1 aliphatic heterocycles. The standard InChI is InChI=1S/C28H32N4O6/c33-24(31-38)14-6-1-2-7-15-25(34)32-17-22-20(19-12-8-9-13-21(19)29-22)16-23(32)27(35)30-26(28(36)37)18-10-4-3-5-11-18/h3-5,8-13,23,26,29,38H,1-2,6-7,14-17H2,(H,30,35)(H,31,33)(H,36,37)/t23-,26?/m1/s1. The van der Waals surface area contributed by atoms with Crippen molar-refractivity contribution in [3.63, 3.8) is 0 Å². The zero-order valence-corrected chi connectivity index (χ0v) is 21.0. The molecule has 2 aromatic carbocycles. The molecule has 38 heavy (non-hydrogen) atoms. The highest BCUT2D eigenvalue weighted by Gasteiger charge is 2.37. The van der Waals surface area contributed by atoms with Crippen LogP contribution in [0.1, 0.15) is 61.4 Å². The summed E-state index contributed by atoms with van der Waals surface area (Å²) in [4.78, 5) is 54.9. The fraction of sp³-hybridized carbons (Fsp3) is 0.357. The van der Waals surface area contributed by atoms with Gasteiger partial charge in [-0.25, -0.2) is 10.3 Å². The van der Waals surface area contributed by atoms with E-state index >= 15 is 0 Å². The van der Waals surface area contributed by atoms with Crippen LogP contribution in [0.3, 0.4) is 0 Å². The van der Waals surface area contributed by atoms with Gasteiger partial charge in [0.1, 0.15) is 6.04 Å². The maximum absolute atomic E-state index is 13.5. The second-order valence-electron chi connectivity index (χ2n) is 9.51. The van der Waals surface area contributed by atoms with Crippen LogP contribution in [0, 0.1) is 0 Å². The van der Waals surface area contributed by atoms with Crippen LogP contribution in [-0.2, 0) is 32.1 Å². The van der Waals surface area contributed by atoms with E-state index in [-0.39, 0.29) is 31.7 Å². The summed E-state index contributed by atoms with van der Waals surface area (Å²) in [6.07, 6.45) is 3.36. The van der Waals surface area contributed by atoms with Crippen molar-refractivity contribution in [2.45, 2.75) is 63.6 Å². The number of hydrogen-bond acceptors (Lipinski definition) is 5. The molecule has 1 aliphatic rings. The van der Waals surface area contributed by atoms with E-state index in [1.54, 1.807) is 35.8 Å². The lowest BCUT2D eigenvalue weighted by Crippen LogP contribution is -2.53. The van der Waals surface area contributed by atoms with Crippen molar-refractivity contribution >= 4 is 34.6 Å². The summed E-state index contributed by atoms with van der Waals surface area (Å²) in [5.74, 6) is -2.32. The Morgan fingerprint density at radius 1 is 0.947 bits per heavy atom.